The van der Waals surface area contributed by atoms with Gasteiger partial charge in [0, 0.05) is 29.2 Å². The van der Waals surface area contributed by atoms with Crippen LogP contribution in [-0.2, 0) is 11.3 Å². The molecule has 1 aliphatic heterocycles. The quantitative estimate of drug-likeness (QED) is 0.650. The molecule has 2 aromatic heterocycles. The van der Waals surface area contributed by atoms with Crippen molar-refractivity contribution in [1.29, 1.82) is 0 Å². The third-order valence-corrected chi connectivity index (χ3v) is 5.57. The van der Waals surface area contributed by atoms with Crippen LogP contribution in [0.3, 0.4) is 0 Å². The molecule has 27 heavy (non-hydrogen) atoms. The van der Waals surface area contributed by atoms with E-state index in [0.717, 1.165) is 23.7 Å². The van der Waals surface area contributed by atoms with Crippen LogP contribution in [0.2, 0.25) is 0 Å². The molecule has 5 nitrogen and oxygen atoms in total. The summed E-state index contributed by atoms with van der Waals surface area (Å²) in [6.07, 6.45) is 6.54. The molecule has 1 fully saturated rings. The van der Waals surface area contributed by atoms with Crippen molar-refractivity contribution in [2.75, 3.05) is 0 Å². The minimum Gasteiger partial charge on any atom is -0.461 e. The number of hydrogen-bond donors (Lipinski definition) is 0. The number of nitrogens with zero attached hydrogens (tertiary/aromatic N) is 2. The third-order valence-electron chi connectivity index (χ3n) is 5.57. The fourth-order valence-electron chi connectivity index (χ4n) is 4.24. The zero-order valence-corrected chi connectivity index (χ0v) is 15.7. The highest BCUT2D eigenvalue weighted by molar-refractivity contribution is 6.15. The summed E-state index contributed by atoms with van der Waals surface area (Å²) in [6, 6.07) is 11.6. The Morgan fingerprint density at radius 2 is 1.81 bits per heavy atom. The standard InChI is InChI=1S/C22H24N2O3/c1-15-7-5-8-16(2)24(15)21(25)14-23-13-18(17-9-3-4-10-19(17)23)22(26)20-11-6-12-27-20/h3-4,6,9-13,15-16H,5,7-8,14H2,1-2H3/t15-,16+. The summed E-state index contributed by atoms with van der Waals surface area (Å²) in [7, 11) is 0. The molecule has 4 rings (SSSR count). The van der Waals surface area contributed by atoms with E-state index < -0.39 is 0 Å². The Hall–Kier alpha value is -2.82. The maximum atomic E-state index is 13.0. The van der Waals surface area contributed by atoms with Gasteiger partial charge < -0.3 is 13.9 Å². The van der Waals surface area contributed by atoms with Crippen LogP contribution in [0, 0.1) is 0 Å². The summed E-state index contributed by atoms with van der Waals surface area (Å²) < 4.78 is 7.17. The number of likely N-dealkylation sites (tertiary alicyclic amines) is 1. The fourth-order valence-corrected chi connectivity index (χ4v) is 4.24. The molecule has 2 atom stereocenters. The molecule has 5 heteroatoms. The second kappa shape index (κ2) is 7.06. The van der Waals surface area contributed by atoms with Crippen LogP contribution in [0.1, 0.15) is 49.2 Å². The number of benzene rings is 1. The Labute approximate surface area is 158 Å². The van der Waals surface area contributed by atoms with Gasteiger partial charge in [0.05, 0.1) is 11.8 Å². The zero-order valence-electron chi connectivity index (χ0n) is 15.7. The van der Waals surface area contributed by atoms with Crippen LogP contribution >= 0.6 is 0 Å². The Morgan fingerprint density at radius 1 is 1.07 bits per heavy atom. The molecule has 1 aliphatic rings. The van der Waals surface area contributed by atoms with Crippen molar-refractivity contribution in [2.24, 2.45) is 0 Å². The largest absolute Gasteiger partial charge is 0.461 e. The number of carbonyl (C=O) groups excluding carboxylic acids is 2. The topological polar surface area (TPSA) is 55.5 Å². The van der Waals surface area contributed by atoms with E-state index in [1.807, 2.05) is 33.7 Å². The predicted octanol–water partition coefficient (Wildman–Crippen LogP) is 4.25. The van der Waals surface area contributed by atoms with Gasteiger partial charge in [-0.3, -0.25) is 9.59 Å². The van der Waals surface area contributed by atoms with Gasteiger partial charge in [-0.2, -0.15) is 0 Å². The summed E-state index contributed by atoms with van der Waals surface area (Å²) in [6.45, 7) is 4.47. The van der Waals surface area contributed by atoms with E-state index in [0.29, 0.717) is 11.3 Å². The molecule has 1 saturated heterocycles. The van der Waals surface area contributed by atoms with E-state index in [1.54, 1.807) is 18.3 Å². The predicted molar refractivity (Wildman–Crippen MR) is 104 cm³/mol. The first-order valence-corrected chi connectivity index (χ1v) is 9.53. The molecule has 3 aromatic rings. The Bertz CT molecular complexity index is 961. The van der Waals surface area contributed by atoms with Crippen molar-refractivity contribution in [3.63, 3.8) is 0 Å². The van der Waals surface area contributed by atoms with Gasteiger partial charge in [-0.15, -0.1) is 0 Å². The molecule has 0 bridgehead atoms. The van der Waals surface area contributed by atoms with E-state index in [9.17, 15) is 9.59 Å². The van der Waals surface area contributed by atoms with Gasteiger partial charge in [0.15, 0.2) is 5.76 Å². The molecule has 0 radical (unpaired) electrons. The van der Waals surface area contributed by atoms with Crippen molar-refractivity contribution >= 4 is 22.6 Å². The molecule has 0 spiro atoms. The monoisotopic (exact) mass is 364 g/mol. The second-order valence-corrected chi connectivity index (χ2v) is 7.42. The number of fused-ring (bicyclic) bond motifs is 1. The summed E-state index contributed by atoms with van der Waals surface area (Å²) in [4.78, 5) is 27.9. The van der Waals surface area contributed by atoms with Crippen LogP contribution in [0.25, 0.3) is 10.9 Å². The van der Waals surface area contributed by atoms with Gasteiger partial charge in [0.25, 0.3) is 0 Å². The maximum Gasteiger partial charge on any atom is 0.242 e. The SMILES string of the molecule is C[C@@H]1CCC[C@H](C)N1C(=O)Cn1cc(C(=O)c2ccco2)c2ccccc21. The van der Waals surface area contributed by atoms with Gasteiger partial charge in [0.2, 0.25) is 11.7 Å². The van der Waals surface area contributed by atoms with Gasteiger partial charge >= 0.3 is 0 Å². The molecular weight excluding hydrogens is 340 g/mol. The molecule has 0 aliphatic carbocycles. The number of para-hydroxylation sites is 1. The molecule has 1 amide bonds. The van der Waals surface area contributed by atoms with E-state index in [4.69, 9.17) is 4.42 Å². The lowest BCUT2D eigenvalue weighted by molar-refractivity contribution is -0.137. The normalized spacial score (nSPS) is 20.1. The second-order valence-electron chi connectivity index (χ2n) is 7.42. The van der Waals surface area contributed by atoms with Crippen molar-refractivity contribution in [1.82, 2.24) is 9.47 Å². The molecule has 1 aromatic carbocycles. The minimum absolute atomic E-state index is 0.104. The van der Waals surface area contributed by atoms with Crippen LogP contribution in [0.15, 0.2) is 53.3 Å². The first kappa shape index (κ1) is 17.6. The highest BCUT2D eigenvalue weighted by Gasteiger charge is 2.29. The highest BCUT2D eigenvalue weighted by Crippen LogP contribution is 2.26. The third kappa shape index (κ3) is 3.18. The van der Waals surface area contributed by atoms with E-state index in [-0.39, 0.29) is 30.3 Å². The molecule has 0 saturated carbocycles. The highest BCUT2D eigenvalue weighted by atomic mass is 16.3. The van der Waals surface area contributed by atoms with Gasteiger partial charge in [0.1, 0.15) is 6.54 Å². The summed E-state index contributed by atoms with van der Waals surface area (Å²) in [5.74, 6) is 0.247. The van der Waals surface area contributed by atoms with Crippen LogP contribution in [0.4, 0.5) is 0 Å². The Morgan fingerprint density at radius 3 is 2.52 bits per heavy atom. The number of piperidine rings is 1. The minimum atomic E-state index is -0.165. The number of aromatic nitrogens is 1. The number of amides is 1. The first-order chi connectivity index (χ1) is 13.1. The van der Waals surface area contributed by atoms with Crippen molar-refractivity contribution in [3.05, 3.63) is 60.2 Å². The lowest BCUT2D eigenvalue weighted by Crippen LogP contribution is -2.48. The number of carbonyl (C=O) groups is 2. The van der Waals surface area contributed by atoms with Gasteiger partial charge in [-0.25, -0.2) is 0 Å². The van der Waals surface area contributed by atoms with Crippen molar-refractivity contribution in [2.45, 2.75) is 51.7 Å². The van der Waals surface area contributed by atoms with E-state index in [2.05, 4.69) is 13.8 Å². The zero-order chi connectivity index (χ0) is 19.0. The molecule has 0 N–H and O–H groups in total. The lowest BCUT2D eigenvalue weighted by atomic mass is 9.97. The van der Waals surface area contributed by atoms with Crippen molar-refractivity contribution < 1.29 is 14.0 Å². The van der Waals surface area contributed by atoms with Crippen LogP contribution < -0.4 is 0 Å². The van der Waals surface area contributed by atoms with Crippen LogP contribution in [-0.4, -0.2) is 33.2 Å². The number of ketones is 1. The molecule has 0 unspecified atom stereocenters. The Balaban J connectivity index is 1.68. The number of furan rings is 1. The first-order valence-electron chi connectivity index (χ1n) is 9.53. The van der Waals surface area contributed by atoms with E-state index >= 15 is 0 Å². The summed E-state index contributed by atoms with van der Waals surface area (Å²) in [5, 5.41) is 0.839. The molecular formula is C22H24N2O3. The van der Waals surface area contributed by atoms with E-state index in [1.165, 1.54) is 12.7 Å². The lowest BCUT2D eigenvalue weighted by Gasteiger charge is -2.39. The van der Waals surface area contributed by atoms with Crippen LogP contribution in [0.5, 0.6) is 0 Å². The number of rotatable bonds is 4. The Kier molecular flexibility index (Phi) is 4.60. The summed E-state index contributed by atoms with van der Waals surface area (Å²) in [5.41, 5.74) is 1.45. The molecule has 140 valence electrons. The maximum absolute atomic E-state index is 13.0. The average molecular weight is 364 g/mol. The van der Waals surface area contributed by atoms with Crippen molar-refractivity contribution in [3.8, 4) is 0 Å². The van der Waals surface area contributed by atoms with Gasteiger partial charge in [-0.05, 0) is 51.3 Å². The summed E-state index contributed by atoms with van der Waals surface area (Å²) >= 11 is 0. The fraction of sp³-hybridized carbons (Fsp3) is 0.364. The number of hydrogen-bond acceptors (Lipinski definition) is 3. The molecule has 3 heterocycles. The smallest absolute Gasteiger partial charge is 0.242 e. The average Bonchev–Trinajstić information content (AvgIpc) is 3.30. The van der Waals surface area contributed by atoms with Gasteiger partial charge in [-0.1, -0.05) is 18.2 Å².